The van der Waals surface area contributed by atoms with Crippen LogP contribution in [0.2, 0.25) is 0 Å². The van der Waals surface area contributed by atoms with Crippen molar-refractivity contribution >= 4 is 0 Å². The van der Waals surface area contributed by atoms with Gasteiger partial charge in [-0.3, -0.25) is 4.90 Å². The third kappa shape index (κ3) is 4.24. The second-order valence-corrected chi connectivity index (χ2v) is 7.18. The largest absolute Gasteiger partial charge is 0.312 e. The van der Waals surface area contributed by atoms with Gasteiger partial charge in [-0.2, -0.15) is 0 Å². The molecular formula is C17H26F2N2. The van der Waals surface area contributed by atoms with Gasteiger partial charge in [-0.25, -0.2) is 8.78 Å². The van der Waals surface area contributed by atoms with Gasteiger partial charge in [0.2, 0.25) is 0 Å². The van der Waals surface area contributed by atoms with Gasteiger partial charge in [-0.15, -0.1) is 0 Å². The van der Waals surface area contributed by atoms with Crippen molar-refractivity contribution in [2.75, 3.05) is 13.1 Å². The number of hydrogen-bond donors (Lipinski definition) is 1. The first-order chi connectivity index (χ1) is 9.77. The molecule has 2 rings (SSSR count). The molecule has 1 N–H and O–H groups in total. The molecule has 2 nitrogen and oxygen atoms in total. The lowest BCUT2D eigenvalue weighted by Gasteiger charge is -2.35. The van der Waals surface area contributed by atoms with Crippen LogP contribution in [0.4, 0.5) is 8.78 Å². The Balaban J connectivity index is 2.15. The van der Waals surface area contributed by atoms with Crippen molar-refractivity contribution in [2.24, 2.45) is 5.41 Å². The predicted octanol–water partition coefficient (Wildman–Crippen LogP) is 3.56. The Hall–Kier alpha value is -1.00. The van der Waals surface area contributed by atoms with Gasteiger partial charge in [0.1, 0.15) is 11.6 Å². The number of nitrogens with zero attached hydrogens (tertiary/aromatic N) is 1. The summed E-state index contributed by atoms with van der Waals surface area (Å²) < 4.78 is 26.9. The van der Waals surface area contributed by atoms with Gasteiger partial charge in [-0.05, 0) is 31.4 Å². The van der Waals surface area contributed by atoms with Gasteiger partial charge >= 0.3 is 0 Å². The maximum Gasteiger partial charge on any atom is 0.130 e. The van der Waals surface area contributed by atoms with Gasteiger partial charge in [0.05, 0.1) is 0 Å². The fraction of sp³-hybridized carbons (Fsp3) is 0.647. The first-order valence-corrected chi connectivity index (χ1v) is 7.68. The van der Waals surface area contributed by atoms with Crippen LogP contribution < -0.4 is 5.32 Å². The van der Waals surface area contributed by atoms with Gasteiger partial charge < -0.3 is 5.32 Å². The molecule has 0 amide bonds. The van der Waals surface area contributed by atoms with Crippen LogP contribution in [0.5, 0.6) is 0 Å². The molecule has 1 heterocycles. The highest BCUT2D eigenvalue weighted by molar-refractivity contribution is 5.18. The Kier molecular flexibility index (Phi) is 4.99. The predicted molar refractivity (Wildman–Crippen MR) is 82.1 cm³/mol. The Morgan fingerprint density at radius 2 is 2.00 bits per heavy atom. The van der Waals surface area contributed by atoms with E-state index in [1.54, 1.807) is 6.07 Å². The van der Waals surface area contributed by atoms with E-state index in [9.17, 15) is 8.78 Å². The van der Waals surface area contributed by atoms with Crippen LogP contribution in [-0.2, 0) is 6.54 Å². The molecule has 21 heavy (non-hydrogen) atoms. The number of benzene rings is 1. The van der Waals surface area contributed by atoms with Crippen LogP contribution in [-0.4, -0.2) is 30.1 Å². The summed E-state index contributed by atoms with van der Waals surface area (Å²) in [6.07, 6.45) is 1.04. The molecule has 0 saturated carbocycles. The molecule has 1 saturated heterocycles. The molecule has 1 fully saturated rings. The molecule has 1 aromatic carbocycles. The molecule has 1 aliphatic rings. The summed E-state index contributed by atoms with van der Waals surface area (Å²) in [5, 5.41) is 3.60. The molecule has 118 valence electrons. The Morgan fingerprint density at radius 1 is 1.29 bits per heavy atom. The highest BCUT2D eigenvalue weighted by Crippen LogP contribution is 2.25. The molecule has 0 aromatic heterocycles. The highest BCUT2D eigenvalue weighted by atomic mass is 19.1. The number of halogens is 2. The number of hydrogen-bond acceptors (Lipinski definition) is 2. The van der Waals surface area contributed by atoms with Crippen molar-refractivity contribution in [1.29, 1.82) is 0 Å². The third-order valence-electron chi connectivity index (χ3n) is 4.43. The second-order valence-electron chi connectivity index (χ2n) is 7.18. The number of rotatable bonds is 2. The third-order valence-corrected chi connectivity index (χ3v) is 4.43. The van der Waals surface area contributed by atoms with Crippen molar-refractivity contribution in [2.45, 2.75) is 52.7 Å². The van der Waals surface area contributed by atoms with Crippen LogP contribution in [0.15, 0.2) is 18.2 Å². The molecule has 0 aliphatic carbocycles. The van der Waals surface area contributed by atoms with Crippen molar-refractivity contribution in [3.05, 3.63) is 35.4 Å². The van der Waals surface area contributed by atoms with E-state index in [1.165, 1.54) is 6.07 Å². The molecule has 2 unspecified atom stereocenters. The van der Waals surface area contributed by atoms with Crippen LogP contribution in [0, 0.1) is 17.0 Å². The average Bonchev–Trinajstić information content (AvgIpc) is 2.55. The van der Waals surface area contributed by atoms with Gasteiger partial charge in [0.25, 0.3) is 0 Å². The average molecular weight is 296 g/mol. The lowest BCUT2D eigenvalue weighted by Crippen LogP contribution is -2.47. The van der Waals surface area contributed by atoms with Gasteiger partial charge in [0.15, 0.2) is 0 Å². The van der Waals surface area contributed by atoms with E-state index in [0.29, 0.717) is 24.2 Å². The van der Waals surface area contributed by atoms with Gasteiger partial charge in [0, 0.05) is 36.8 Å². The van der Waals surface area contributed by atoms with Crippen molar-refractivity contribution in [3.63, 3.8) is 0 Å². The molecule has 0 radical (unpaired) electrons. The van der Waals surface area contributed by atoms with E-state index in [4.69, 9.17) is 0 Å². The van der Waals surface area contributed by atoms with E-state index in [-0.39, 0.29) is 5.41 Å². The summed E-state index contributed by atoms with van der Waals surface area (Å²) in [7, 11) is 0. The maximum absolute atomic E-state index is 13.9. The quantitative estimate of drug-likeness (QED) is 0.897. The zero-order valence-electron chi connectivity index (χ0n) is 13.4. The minimum atomic E-state index is -0.519. The second kappa shape index (κ2) is 6.41. The monoisotopic (exact) mass is 296 g/mol. The molecule has 1 aromatic rings. The summed E-state index contributed by atoms with van der Waals surface area (Å²) in [5.74, 6) is -0.971. The maximum atomic E-state index is 13.9. The SMILES string of the molecule is CC1CCNC(C(C)(C)C)CN1Cc1ccc(F)cc1F. The van der Waals surface area contributed by atoms with Gasteiger partial charge in [-0.1, -0.05) is 26.8 Å². The van der Waals surface area contributed by atoms with Crippen molar-refractivity contribution < 1.29 is 8.78 Å². The minimum Gasteiger partial charge on any atom is -0.312 e. The zero-order chi connectivity index (χ0) is 15.6. The standard InChI is InChI=1S/C17H26F2N2/c1-12-7-8-20-16(17(2,3)4)11-21(12)10-13-5-6-14(18)9-15(13)19/h5-6,9,12,16,20H,7-8,10-11H2,1-4H3. The van der Waals surface area contributed by atoms with E-state index in [1.807, 2.05) is 0 Å². The normalized spacial score (nSPS) is 24.9. The van der Waals surface area contributed by atoms with Crippen molar-refractivity contribution in [1.82, 2.24) is 10.2 Å². The Morgan fingerprint density at radius 3 is 2.62 bits per heavy atom. The molecule has 2 atom stereocenters. The summed E-state index contributed by atoms with van der Waals surface area (Å²) in [4.78, 5) is 2.30. The Labute approximate surface area is 126 Å². The molecular weight excluding hydrogens is 270 g/mol. The summed E-state index contributed by atoms with van der Waals surface area (Å²) >= 11 is 0. The lowest BCUT2D eigenvalue weighted by atomic mass is 9.86. The van der Waals surface area contributed by atoms with Crippen molar-refractivity contribution in [3.8, 4) is 0 Å². The van der Waals surface area contributed by atoms with E-state index >= 15 is 0 Å². The van der Waals surface area contributed by atoms with Crippen LogP contribution in [0.1, 0.15) is 39.7 Å². The van der Waals surface area contributed by atoms with Crippen LogP contribution >= 0.6 is 0 Å². The van der Waals surface area contributed by atoms with E-state index in [2.05, 4.69) is 37.9 Å². The molecule has 0 spiro atoms. The first-order valence-electron chi connectivity index (χ1n) is 7.68. The number of nitrogens with one attached hydrogen (secondary N) is 1. The first kappa shape index (κ1) is 16.4. The molecule has 4 heteroatoms. The van der Waals surface area contributed by atoms with E-state index in [0.717, 1.165) is 25.6 Å². The summed E-state index contributed by atoms with van der Waals surface area (Å²) in [5.41, 5.74) is 0.724. The zero-order valence-corrected chi connectivity index (χ0v) is 13.4. The topological polar surface area (TPSA) is 15.3 Å². The Bertz CT molecular complexity index is 482. The fourth-order valence-corrected chi connectivity index (χ4v) is 2.80. The highest BCUT2D eigenvalue weighted by Gasteiger charge is 2.30. The molecule has 1 aliphatic heterocycles. The fourth-order valence-electron chi connectivity index (χ4n) is 2.80. The van der Waals surface area contributed by atoms with Crippen LogP contribution in [0.25, 0.3) is 0 Å². The lowest BCUT2D eigenvalue weighted by molar-refractivity contribution is 0.156. The summed E-state index contributed by atoms with van der Waals surface area (Å²) in [6.45, 7) is 11.2. The smallest absolute Gasteiger partial charge is 0.130 e. The van der Waals surface area contributed by atoms with E-state index < -0.39 is 11.6 Å². The minimum absolute atomic E-state index is 0.156. The van der Waals surface area contributed by atoms with Crippen LogP contribution in [0.3, 0.4) is 0 Å². The summed E-state index contributed by atoms with van der Waals surface area (Å²) in [6, 6.07) is 4.61. The molecule has 0 bridgehead atoms.